The summed E-state index contributed by atoms with van der Waals surface area (Å²) in [6, 6.07) is 8.80. The topological polar surface area (TPSA) is 29.9 Å². The van der Waals surface area contributed by atoms with Gasteiger partial charge in [-0.1, -0.05) is 6.07 Å². The second-order valence-electron chi connectivity index (χ2n) is 4.44. The Hall–Kier alpha value is -2.21. The number of H-pyrrole nitrogens is 1. The lowest BCUT2D eigenvalue weighted by Crippen LogP contribution is -1.98. The molecule has 0 aliphatic carbocycles. The molecule has 0 fully saturated rings. The maximum atomic E-state index is 14.0. The minimum atomic E-state index is -0.672. The van der Waals surface area contributed by atoms with Crippen molar-refractivity contribution in [2.75, 3.05) is 6.61 Å². The summed E-state index contributed by atoms with van der Waals surface area (Å²) in [7, 11) is 0. The highest BCUT2D eigenvalue weighted by Gasteiger charge is 2.13. The molecule has 0 unspecified atom stereocenters. The predicted molar refractivity (Wildman–Crippen MR) is 79.5 cm³/mol. The zero-order chi connectivity index (χ0) is 15.0. The number of aromatic nitrogens is 2. The summed E-state index contributed by atoms with van der Waals surface area (Å²) in [5, 5.41) is 0. The molecule has 3 rings (SSSR count). The van der Waals surface area contributed by atoms with Crippen molar-refractivity contribution in [3.63, 3.8) is 0 Å². The van der Waals surface area contributed by atoms with Crippen molar-refractivity contribution in [1.82, 2.24) is 9.55 Å². The molecule has 1 N–H and O–H groups in total. The molecule has 0 radical (unpaired) electrons. The number of para-hydroxylation sites is 1. The van der Waals surface area contributed by atoms with Gasteiger partial charge in [0.15, 0.2) is 4.77 Å². The molecule has 0 amide bonds. The van der Waals surface area contributed by atoms with Crippen molar-refractivity contribution in [2.24, 2.45) is 0 Å². The van der Waals surface area contributed by atoms with Crippen LogP contribution in [0.3, 0.4) is 0 Å². The number of rotatable bonds is 3. The third-order valence-corrected chi connectivity index (χ3v) is 3.42. The van der Waals surface area contributed by atoms with Crippen LogP contribution in [0.25, 0.3) is 16.7 Å². The largest absolute Gasteiger partial charge is 0.492 e. The highest BCUT2D eigenvalue weighted by atomic mass is 32.1. The molecule has 3 nitrogen and oxygen atoms in total. The van der Waals surface area contributed by atoms with Gasteiger partial charge in [0.05, 0.1) is 17.8 Å². The van der Waals surface area contributed by atoms with E-state index in [1.165, 1.54) is 16.7 Å². The lowest BCUT2D eigenvalue weighted by Gasteiger charge is -2.07. The summed E-state index contributed by atoms with van der Waals surface area (Å²) in [5.41, 5.74) is 1.56. The van der Waals surface area contributed by atoms with Crippen LogP contribution in [0.4, 0.5) is 8.78 Å². The molecule has 108 valence electrons. The van der Waals surface area contributed by atoms with Gasteiger partial charge in [0.2, 0.25) is 0 Å². The van der Waals surface area contributed by atoms with E-state index >= 15 is 0 Å². The van der Waals surface area contributed by atoms with Crippen LogP contribution >= 0.6 is 12.2 Å². The zero-order valence-electron chi connectivity index (χ0n) is 11.2. The summed E-state index contributed by atoms with van der Waals surface area (Å²) < 4.78 is 34.5. The number of nitrogens with one attached hydrogen (secondary N) is 1. The Morgan fingerprint density at radius 3 is 2.76 bits per heavy atom. The van der Waals surface area contributed by atoms with E-state index in [1.807, 2.05) is 13.0 Å². The number of aromatic amines is 1. The van der Waals surface area contributed by atoms with Crippen LogP contribution in [0.15, 0.2) is 36.4 Å². The third-order valence-electron chi connectivity index (χ3n) is 3.13. The molecule has 21 heavy (non-hydrogen) atoms. The Labute approximate surface area is 124 Å². The Morgan fingerprint density at radius 2 is 2.05 bits per heavy atom. The molecule has 0 atom stereocenters. The summed E-state index contributed by atoms with van der Waals surface area (Å²) in [5.74, 6) is -0.659. The Balaban J connectivity index is 2.30. The number of imidazole rings is 1. The fourth-order valence-corrected chi connectivity index (χ4v) is 2.58. The molecular weight excluding hydrogens is 294 g/mol. The number of hydrogen-bond acceptors (Lipinski definition) is 2. The first-order valence-corrected chi connectivity index (χ1v) is 6.84. The molecule has 3 aromatic rings. The molecule has 0 aliphatic heterocycles. The van der Waals surface area contributed by atoms with Gasteiger partial charge in [-0.05, 0) is 43.4 Å². The van der Waals surface area contributed by atoms with Gasteiger partial charge >= 0.3 is 0 Å². The molecular formula is C15H12F2N2OS. The van der Waals surface area contributed by atoms with E-state index in [1.54, 1.807) is 12.1 Å². The highest BCUT2D eigenvalue weighted by molar-refractivity contribution is 7.71. The molecule has 1 aromatic heterocycles. The van der Waals surface area contributed by atoms with Gasteiger partial charge in [-0.15, -0.1) is 0 Å². The minimum Gasteiger partial charge on any atom is -0.492 e. The van der Waals surface area contributed by atoms with Crippen LogP contribution in [0, 0.1) is 16.4 Å². The number of ether oxygens (including phenoxy) is 1. The average Bonchev–Trinajstić information content (AvgIpc) is 2.77. The first-order chi connectivity index (χ1) is 10.1. The summed E-state index contributed by atoms with van der Waals surface area (Å²) in [4.78, 5) is 3.01. The normalized spacial score (nSPS) is 11.0. The standard InChI is InChI=1S/C15H12F2N2OS/c1-2-20-13-5-3-4-12-14(13)18-15(21)19(12)11-7-6-9(16)8-10(11)17/h3-8H,2H2,1H3,(H,18,21). The Morgan fingerprint density at radius 1 is 1.24 bits per heavy atom. The van der Waals surface area contributed by atoms with Crippen LogP contribution in [0.5, 0.6) is 5.75 Å². The van der Waals surface area contributed by atoms with Gasteiger partial charge < -0.3 is 9.72 Å². The molecule has 2 aromatic carbocycles. The van der Waals surface area contributed by atoms with Crippen molar-refractivity contribution < 1.29 is 13.5 Å². The number of halogens is 2. The molecule has 0 aliphatic rings. The van der Waals surface area contributed by atoms with Gasteiger partial charge in [0.25, 0.3) is 0 Å². The monoisotopic (exact) mass is 306 g/mol. The van der Waals surface area contributed by atoms with Crippen molar-refractivity contribution in [2.45, 2.75) is 6.92 Å². The second kappa shape index (κ2) is 5.29. The number of benzene rings is 2. The fourth-order valence-electron chi connectivity index (χ4n) is 2.28. The highest BCUT2D eigenvalue weighted by Crippen LogP contribution is 2.28. The molecule has 0 bridgehead atoms. The van der Waals surface area contributed by atoms with Crippen LogP contribution in [-0.2, 0) is 0 Å². The van der Waals surface area contributed by atoms with E-state index in [9.17, 15) is 8.78 Å². The maximum absolute atomic E-state index is 14.0. The summed E-state index contributed by atoms with van der Waals surface area (Å²) in [6.07, 6.45) is 0. The Kier molecular flexibility index (Phi) is 3.47. The van der Waals surface area contributed by atoms with Crippen molar-refractivity contribution in [1.29, 1.82) is 0 Å². The van der Waals surface area contributed by atoms with E-state index in [2.05, 4.69) is 4.98 Å². The predicted octanol–water partition coefficient (Wildman–Crippen LogP) is 4.36. The van der Waals surface area contributed by atoms with E-state index in [0.717, 1.165) is 6.07 Å². The van der Waals surface area contributed by atoms with Crippen molar-refractivity contribution >= 4 is 23.3 Å². The molecule has 0 saturated heterocycles. The number of fused-ring (bicyclic) bond motifs is 1. The van der Waals surface area contributed by atoms with E-state index < -0.39 is 11.6 Å². The van der Waals surface area contributed by atoms with Gasteiger partial charge in [-0.3, -0.25) is 4.57 Å². The van der Waals surface area contributed by atoms with Crippen LogP contribution < -0.4 is 4.74 Å². The van der Waals surface area contributed by atoms with Gasteiger partial charge in [-0.2, -0.15) is 0 Å². The Bertz CT molecular complexity index is 870. The van der Waals surface area contributed by atoms with E-state index in [4.69, 9.17) is 17.0 Å². The third kappa shape index (κ3) is 2.31. The maximum Gasteiger partial charge on any atom is 0.182 e. The average molecular weight is 306 g/mol. The molecule has 0 saturated carbocycles. The summed E-state index contributed by atoms with van der Waals surface area (Å²) in [6.45, 7) is 2.39. The van der Waals surface area contributed by atoms with Gasteiger partial charge in [-0.25, -0.2) is 8.78 Å². The number of nitrogens with zero attached hydrogens (tertiary/aromatic N) is 1. The smallest absolute Gasteiger partial charge is 0.182 e. The first kappa shape index (κ1) is 13.8. The molecule has 1 heterocycles. The molecule has 0 spiro atoms. The van der Waals surface area contributed by atoms with Gasteiger partial charge in [0, 0.05) is 6.07 Å². The number of hydrogen-bond donors (Lipinski definition) is 1. The lowest BCUT2D eigenvalue weighted by molar-refractivity contribution is 0.343. The minimum absolute atomic E-state index is 0.196. The van der Waals surface area contributed by atoms with Crippen molar-refractivity contribution in [3.8, 4) is 11.4 Å². The first-order valence-electron chi connectivity index (χ1n) is 6.43. The fraction of sp³-hybridized carbons (Fsp3) is 0.133. The second-order valence-corrected chi connectivity index (χ2v) is 4.83. The lowest BCUT2D eigenvalue weighted by atomic mass is 10.2. The van der Waals surface area contributed by atoms with Crippen LogP contribution in [0.1, 0.15) is 6.92 Å². The van der Waals surface area contributed by atoms with Crippen LogP contribution in [-0.4, -0.2) is 16.2 Å². The molecule has 6 heteroatoms. The van der Waals surface area contributed by atoms with E-state index in [0.29, 0.717) is 28.2 Å². The SMILES string of the molecule is CCOc1cccc2c1[nH]c(=S)n2-c1ccc(F)cc1F. The van der Waals surface area contributed by atoms with Gasteiger partial charge in [0.1, 0.15) is 22.9 Å². The van der Waals surface area contributed by atoms with E-state index in [-0.39, 0.29) is 5.69 Å². The quantitative estimate of drug-likeness (QED) is 0.728. The summed E-state index contributed by atoms with van der Waals surface area (Å²) >= 11 is 5.26. The van der Waals surface area contributed by atoms with Crippen molar-refractivity contribution in [3.05, 3.63) is 52.8 Å². The zero-order valence-corrected chi connectivity index (χ0v) is 12.0. The van der Waals surface area contributed by atoms with Crippen LogP contribution in [0.2, 0.25) is 0 Å².